The van der Waals surface area contributed by atoms with Crippen LogP contribution in [0.25, 0.3) is 10.8 Å². The topological polar surface area (TPSA) is 41.5 Å². The van der Waals surface area contributed by atoms with Crippen LogP contribution in [0.3, 0.4) is 0 Å². The number of ether oxygens (including phenoxy) is 1. The van der Waals surface area contributed by atoms with Crippen molar-refractivity contribution in [1.29, 1.82) is 0 Å². The van der Waals surface area contributed by atoms with Crippen LogP contribution < -0.4 is 10.1 Å². The molecule has 1 fully saturated rings. The maximum absolute atomic E-state index is 9.84. The third-order valence-corrected chi connectivity index (χ3v) is 4.48. The van der Waals surface area contributed by atoms with Crippen LogP contribution in [0, 0.1) is 5.92 Å². The summed E-state index contributed by atoms with van der Waals surface area (Å²) in [4.78, 5) is 0. The first kappa shape index (κ1) is 14.4. The highest BCUT2D eigenvalue weighted by molar-refractivity contribution is 5.84. The van der Waals surface area contributed by atoms with Crippen LogP contribution in [-0.2, 0) is 5.54 Å². The lowest BCUT2D eigenvalue weighted by atomic mass is 9.90. The lowest BCUT2D eigenvalue weighted by Crippen LogP contribution is -2.43. The van der Waals surface area contributed by atoms with Crippen molar-refractivity contribution in [1.82, 2.24) is 5.32 Å². The van der Waals surface area contributed by atoms with Crippen LogP contribution >= 0.6 is 0 Å². The number of aliphatic hydroxyl groups is 1. The lowest BCUT2D eigenvalue weighted by Gasteiger charge is -2.30. The third-order valence-electron chi connectivity index (χ3n) is 4.48. The molecule has 2 aromatic carbocycles. The van der Waals surface area contributed by atoms with Crippen molar-refractivity contribution in [2.75, 3.05) is 20.3 Å². The molecule has 1 aliphatic rings. The van der Waals surface area contributed by atoms with Crippen LogP contribution in [0.2, 0.25) is 0 Å². The van der Waals surface area contributed by atoms with Gasteiger partial charge in [-0.2, -0.15) is 0 Å². The van der Waals surface area contributed by atoms with Crippen LogP contribution in [0.5, 0.6) is 5.75 Å². The molecular formula is C18H23NO2. The van der Waals surface area contributed by atoms with E-state index in [4.69, 9.17) is 4.74 Å². The Labute approximate surface area is 125 Å². The van der Waals surface area contributed by atoms with E-state index in [1.54, 1.807) is 7.11 Å². The van der Waals surface area contributed by atoms with Gasteiger partial charge < -0.3 is 15.2 Å². The first-order valence-electron chi connectivity index (χ1n) is 7.59. The van der Waals surface area contributed by atoms with E-state index in [0.29, 0.717) is 0 Å². The Kier molecular flexibility index (Phi) is 3.87. The smallest absolute Gasteiger partial charge is 0.119 e. The highest BCUT2D eigenvalue weighted by atomic mass is 16.5. The first-order chi connectivity index (χ1) is 10.1. The SMILES string of the molecule is COc1ccc2cc(C(C)(CO)NCC3CC3)ccc2c1. The maximum atomic E-state index is 9.84. The molecule has 0 radical (unpaired) electrons. The summed E-state index contributed by atoms with van der Waals surface area (Å²) in [6, 6.07) is 12.4. The Hall–Kier alpha value is -1.58. The van der Waals surface area contributed by atoms with Gasteiger partial charge in [0.1, 0.15) is 5.75 Å². The third kappa shape index (κ3) is 3.04. The van der Waals surface area contributed by atoms with Crippen LogP contribution in [0.1, 0.15) is 25.3 Å². The molecule has 21 heavy (non-hydrogen) atoms. The van der Waals surface area contributed by atoms with Crippen molar-refractivity contribution in [2.45, 2.75) is 25.3 Å². The molecular weight excluding hydrogens is 262 g/mol. The molecule has 2 aromatic rings. The van der Waals surface area contributed by atoms with Crippen molar-refractivity contribution in [2.24, 2.45) is 5.92 Å². The molecule has 0 saturated heterocycles. The number of methoxy groups -OCH3 is 1. The molecule has 1 saturated carbocycles. The van der Waals surface area contributed by atoms with E-state index in [0.717, 1.165) is 29.2 Å². The molecule has 0 aromatic heterocycles. The molecule has 3 rings (SSSR count). The summed E-state index contributed by atoms with van der Waals surface area (Å²) in [5.74, 6) is 1.66. The molecule has 3 heteroatoms. The molecule has 1 aliphatic carbocycles. The van der Waals surface area contributed by atoms with Crippen molar-refractivity contribution >= 4 is 10.8 Å². The molecule has 0 aliphatic heterocycles. The normalized spacial score (nSPS) is 17.7. The van der Waals surface area contributed by atoms with Crippen molar-refractivity contribution in [3.8, 4) is 5.75 Å². The number of nitrogens with one attached hydrogen (secondary N) is 1. The Morgan fingerprint density at radius 1 is 1.19 bits per heavy atom. The molecule has 1 atom stereocenters. The molecule has 0 amide bonds. The molecule has 112 valence electrons. The van der Waals surface area contributed by atoms with Gasteiger partial charge in [-0.3, -0.25) is 0 Å². The summed E-state index contributed by atoms with van der Waals surface area (Å²) in [5, 5.41) is 15.7. The highest BCUT2D eigenvalue weighted by Crippen LogP contribution is 2.31. The standard InChI is InChI=1S/C18H23NO2/c1-18(12-20,19-11-13-3-4-13)16-7-5-15-10-17(21-2)8-6-14(15)9-16/h5-10,13,19-20H,3-4,11-12H2,1-2H3. The van der Waals surface area contributed by atoms with E-state index in [2.05, 4.69) is 36.5 Å². The fraction of sp³-hybridized carbons (Fsp3) is 0.444. The number of fused-ring (bicyclic) bond motifs is 1. The number of hydrogen-bond donors (Lipinski definition) is 2. The van der Waals surface area contributed by atoms with E-state index < -0.39 is 0 Å². The predicted octanol–water partition coefficient (Wildman–Crippen LogP) is 3.06. The molecule has 0 heterocycles. The Morgan fingerprint density at radius 3 is 2.57 bits per heavy atom. The van der Waals surface area contributed by atoms with Gasteiger partial charge in [0.15, 0.2) is 0 Å². The zero-order valence-corrected chi connectivity index (χ0v) is 12.7. The van der Waals surface area contributed by atoms with Gasteiger partial charge >= 0.3 is 0 Å². The van der Waals surface area contributed by atoms with Gasteiger partial charge in [0.25, 0.3) is 0 Å². The fourth-order valence-electron chi connectivity index (χ4n) is 2.63. The molecule has 1 unspecified atom stereocenters. The quantitative estimate of drug-likeness (QED) is 0.857. The van der Waals surface area contributed by atoms with Gasteiger partial charge in [0.2, 0.25) is 0 Å². The summed E-state index contributed by atoms with van der Waals surface area (Å²) in [7, 11) is 1.68. The minimum atomic E-state index is -0.378. The maximum Gasteiger partial charge on any atom is 0.119 e. The Balaban J connectivity index is 1.90. The second-order valence-corrected chi connectivity index (χ2v) is 6.24. The summed E-state index contributed by atoms with van der Waals surface area (Å²) < 4.78 is 5.26. The van der Waals surface area contributed by atoms with Gasteiger partial charge in [-0.15, -0.1) is 0 Å². The molecule has 0 bridgehead atoms. The monoisotopic (exact) mass is 285 g/mol. The zero-order chi connectivity index (χ0) is 14.9. The number of aliphatic hydroxyl groups excluding tert-OH is 1. The number of rotatable bonds is 6. The summed E-state index contributed by atoms with van der Waals surface area (Å²) in [5.41, 5.74) is 0.750. The van der Waals surface area contributed by atoms with Gasteiger partial charge in [0, 0.05) is 0 Å². The molecule has 3 nitrogen and oxygen atoms in total. The van der Waals surface area contributed by atoms with Crippen molar-refractivity contribution in [3.63, 3.8) is 0 Å². The van der Waals surface area contributed by atoms with Gasteiger partial charge in [-0.1, -0.05) is 18.2 Å². The average molecular weight is 285 g/mol. The van der Waals surface area contributed by atoms with E-state index >= 15 is 0 Å². The summed E-state index contributed by atoms with van der Waals surface area (Å²) >= 11 is 0. The van der Waals surface area contributed by atoms with Gasteiger partial charge in [-0.25, -0.2) is 0 Å². The van der Waals surface area contributed by atoms with E-state index in [-0.39, 0.29) is 12.1 Å². The fourth-order valence-corrected chi connectivity index (χ4v) is 2.63. The summed E-state index contributed by atoms with van der Waals surface area (Å²) in [6.07, 6.45) is 2.62. The zero-order valence-electron chi connectivity index (χ0n) is 12.7. The Morgan fingerprint density at radius 2 is 1.90 bits per heavy atom. The van der Waals surface area contributed by atoms with Crippen LogP contribution in [-0.4, -0.2) is 25.4 Å². The second-order valence-electron chi connectivity index (χ2n) is 6.24. The predicted molar refractivity (Wildman–Crippen MR) is 85.7 cm³/mol. The van der Waals surface area contributed by atoms with Crippen molar-refractivity contribution < 1.29 is 9.84 Å². The van der Waals surface area contributed by atoms with Crippen molar-refractivity contribution in [3.05, 3.63) is 42.0 Å². The van der Waals surface area contributed by atoms with E-state index in [1.807, 2.05) is 12.1 Å². The first-order valence-corrected chi connectivity index (χ1v) is 7.59. The molecule has 2 N–H and O–H groups in total. The average Bonchev–Trinajstić information content (AvgIpc) is 3.36. The summed E-state index contributed by atoms with van der Waals surface area (Å²) in [6.45, 7) is 3.15. The van der Waals surface area contributed by atoms with Crippen LogP contribution in [0.15, 0.2) is 36.4 Å². The highest BCUT2D eigenvalue weighted by Gasteiger charge is 2.29. The number of hydrogen-bond acceptors (Lipinski definition) is 3. The van der Waals surface area contributed by atoms with Gasteiger partial charge in [-0.05, 0) is 66.8 Å². The van der Waals surface area contributed by atoms with Crippen LogP contribution in [0.4, 0.5) is 0 Å². The Bertz CT molecular complexity index is 636. The minimum absolute atomic E-state index is 0.0986. The largest absolute Gasteiger partial charge is 0.497 e. The van der Waals surface area contributed by atoms with E-state index in [9.17, 15) is 5.11 Å². The second kappa shape index (κ2) is 5.66. The molecule has 0 spiro atoms. The minimum Gasteiger partial charge on any atom is -0.497 e. The lowest BCUT2D eigenvalue weighted by molar-refractivity contribution is 0.174. The van der Waals surface area contributed by atoms with Gasteiger partial charge in [0.05, 0.1) is 19.3 Å². The van der Waals surface area contributed by atoms with E-state index in [1.165, 1.54) is 18.2 Å². The number of benzene rings is 2.